The number of pyridine rings is 1. The lowest BCUT2D eigenvalue weighted by molar-refractivity contribution is -0.0826. The van der Waals surface area contributed by atoms with Crippen molar-refractivity contribution in [2.45, 2.75) is 25.4 Å². The molecule has 0 unspecified atom stereocenters. The van der Waals surface area contributed by atoms with Gasteiger partial charge in [0.05, 0.1) is 11.6 Å². The van der Waals surface area contributed by atoms with Crippen molar-refractivity contribution in [2.24, 2.45) is 10.9 Å². The first kappa shape index (κ1) is 12.6. The van der Waals surface area contributed by atoms with E-state index in [9.17, 15) is 0 Å². The average Bonchev–Trinajstić information content (AvgIpc) is 2.87. The zero-order valence-electron chi connectivity index (χ0n) is 11.6. The van der Waals surface area contributed by atoms with Gasteiger partial charge in [0.15, 0.2) is 0 Å². The van der Waals surface area contributed by atoms with Gasteiger partial charge in [-0.05, 0) is 44.5 Å². The molecule has 1 spiro atoms. The molecule has 0 amide bonds. The van der Waals surface area contributed by atoms with E-state index in [1.165, 1.54) is 25.9 Å². The summed E-state index contributed by atoms with van der Waals surface area (Å²) in [6.07, 6.45) is 4.14. The van der Waals surface area contributed by atoms with Crippen LogP contribution in [0.4, 0.5) is 0 Å². The first-order valence-corrected chi connectivity index (χ1v) is 7.62. The quantitative estimate of drug-likeness (QED) is 0.797. The Kier molecular flexibility index (Phi) is 2.79. The fourth-order valence-electron chi connectivity index (χ4n) is 3.67. The summed E-state index contributed by atoms with van der Waals surface area (Å²) in [6, 6.07) is 1.96. The number of aliphatic imine (C=N–C) groups is 1. The van der Waals surface area contributed by atoms with Gasteiger partial charge in [-0.1, -0.05) is 11.6 Å². The number of hydrogen-bond acceptors (Lipinski definition) is 4. The van der Waals surface area contributed by atoms with Crippen molar-refractivity contribution >= 4 is 17.5 Å². The predicted molar refractivity (Wildman–Crippen MR) is 78.4 cm³/mol. The predicted octanol–water partition coefficient (Wildman–Crippen LogP) is 2.28. The van der Waals surface area contributed by atoms with E-state index < -0.39 is 0 Å². The minimum Gasteiger partial charge on any atom is -0.466 e. The molecule has 3 saturated heterocycles. The van der Waals surface area contributed by atoms with Crippen molar-refractivity contribution in [3.8, 4) is 0 Å². The molecule has 0 aliphatic carbocycles. The van der Waals surface area contributed by atoms with Gasteiger partial charge >= 0.3 is 0 Å². The number of fused-ring (bicyclic) bond motifs is 2. The molecule has 1 aromatic heterocycles. The van der Waals surface area contributed by atoms with Crippen LogP contribution in [0.25, 0.3) is 0 Å². The molecule has 106 valence electrons. The smallest absolute Gasteiger partial charge is 0.236 e. The lowest BCUT2D eigenvalue weighted by Gasteiger charge is -2.50. The topological polar surface area (TPSA) is 37.7 Å². The molecule has 1 atom stereocenters. The minimum absolute atomic E-state index is 0.0962. The van der Waals surface area contributed by atoms with Crippen molar-refractivity contribution in [1.29, 1.82) is 0 Å². The van der Waals surface area contributed by atoms with E-state index in [1.54, 1.807) is 6.20 Å². The Morgan fingerprint density at radius 3 is 2.85 bits per heavy atom. The largest absolute Gasteiger partial charge is 0.466 e. The molecule has 5 heterocycles. The van der Waals surface area contributed by atoms with Crippen LogP contribution in [0.2, 0.25) is 5.02 Å². The lowest BCUT2D eigenvalue weighted by Crippen LogP contribution is -2.60. The van der Waals surface area contributed by atoms with Gasteiger partial charge in [-0.2, -0.15) is 0 Å². The van der Waals surface area contributed by atoms with Gasteiger partial charge in [0.25, 0.3) is 0 Å². The van der Waals surface area contributed by atoms with Crippen molar-refractivity contribution in [3.05, 3.63) is 28.5 Å². The second kappa shape index (κ2) is 4.43. The number of aromatic nitrogens is 1. The van der Waals surface area contributed by atoms with E-state index in [-0.39, 0.29) is 5.60 Å². The van der Waals surface area contributed by atoms with Crippen LogP contribution < -0.4 is 0 Å². The summed E-state index contributed by atoms with van der Waals surface area (Å²) in [5, 5.41) is 0.685. The van der Waals surface area contributed by atoms with Crippen LogP contribution in [0.5, 0.6) is 0 Å². The average molecular weight is 292 g/mol. The summed E-state index contributed by atoms with van der Waals surface area (Å²) in [6.45, 7) is 6.18. The summed E-state index contributed by atoms with van der Waals surface area (Å²) in [4.78, 5) is 11.5. The summed E-state index contributed by atoms with van der Waals surface area (Å²) in [5.41, 5.74) is 1.72. The van der Waals surface area contributed by atoms with Crippen LogP contribution in [0, 0.1) is 12.8 Å². The molecule has 4 nitrogen and oxygen atoms in total. The maximum absolute atomic E-state index is 6.31. The van der Waals surface area contributed by atoms with Crippen molar-refractivity contribution in [3.63, 3.8) is 0 Å². The molecule has 4 aliphatic rings. The highest BCUT2D eigenvalue weighted by Gasteiger charge is 2.51. The highest BCUT2D eigenvalue weighted by atomic mass is 35.5. The Balaban J connectivity index is 1.59. The van der Waals surface area contributed by atoms with Gasteiger partial charge in [-0.3, -0.25) is 4.90 Å². The molecular formula is C15H18ClN3O. The molecule has 1 aromatic rings. The number of aryl methyl sites for hydroxylation is 1. The standard InChI is InChI=1S/C15H18ClN3O/c1-10-6-13(17-7-12(10)16)14-18-8-15(20-14)9-19-4-2-11(15)3-5-19/h6-7,11H,2-5,8-9H2,1H3/t15-/m1/s1. The van der Waals surface area contributed by atoms with Crippen molar-refractivity contribution in [2.75, 3.05) is 26.2 Å². The van der Waals surface area contributed by atoms with Gasteiger partial charge in [-0.15, -0.1) is 0 Å². The van der Waals surface area contributed by atoms with Crippen LogP contribution in [-0.4, -0.2) is 47.6 Å². The Morgan fingerprint density at radius 1 is 1.40 bits per heavy atom. The fourth-order valence-corrected chi connectivity index (χ4v) is 3.78. The van der Waals surface area contributed by atoms with Gasteiger partial charge < -0.3 is 4.74 Å². The summed E-state index contributed by atoms with van der Waals surface area (Å²) < 4.78 is 6.31. The first-order chi connectivity index (χ1) is 9.66. The molecular weight excluding hydrogens is 274 g/mol. The normalized spacial score (nSPS) is 35.2. The Morgan fingerprint density at radius 2 is 2.20 bits per heavy atom. The van der Waals surface area contributed by atoms with E-state index in [4.69, 9.17) is 16.3 Å². The maximum Gasteiger partial charge on any atom is 0.236 e. The van der Waals surface area contributed by atoms with E-state index in [1.807, 2.05) is 13.0 Å². The van der Waals surface area contributed by atoms with Crippen LogP contribution in [0.3, 0.4) is 0 Å². The second-order valence-electron chi connectivity index (χ2n) is 6.16. The number of halogens is 1. The molecule has 0 N–H and O–H groups in total. The first-order valence-electron chi connectivity index (χ1n) is 7.25. The third kappa shape index (κ3) is 1.85. The molecule has 2 bridgehead atoms. The Bertz CT molecular complexity index is 580. The van der Waals surface area contributed by atoms with E-state index >= 15 is 0 Å². The van der Waals surface area contributed by atoms with Crippen LogP contribution in [0.15, 0.2) is 17.3 Å². The van der Waals surface area contributed by atoms with E-state index in [2.05, 4.69) is 14.9 Å². The van der Waals surface area contributed by atoms with E-state index in [0.29, 0.717) is 16.8 Å². The minimum atomic E-state index is -0.0962. The zero-order chi connectivity index (χ0) is 13.7. The molecule has 0 aromatic carbocycles. The van der Waals surface area contributed by atoms with Crippen molar-refractivity contribution in [1.82, 2.24) is 9.88 Å². The molecule has 5 rings (SSSR count). The zero-order valence-corrected chi connectivity index (χ0v) is 12.4. The summed E-state index contributed by atoms with van der Waals surface area (Å²) in [5.74, 6) is 1.33. The molecule has 0 radical (unpaired) electrons. The van der Waals surface area contributed by atoms with Crippen LogP contribution in [-0.2, 0) is 4.74 Å². The molecule has 4 aliphatic heterocycles. The number of piperidine rings is 3. The SMILES string of the molecule is Cc1cc(C2=NC[C@]3(CN4CCC3CC4)O2)ncc1Cl. The molecule has 20 heavy (non-hydrogen) atoms. The van der Waals surface area contributed by atoms with Crippen LogP contribution in [0.1, 0.15) is 24.1 Å². The fraction of sp³-hybridized carbons (Fsp3) is 0.600. The molecule has 0 saturated carbocycles. The van der Waals surface area contributed by atoms with Gasteiger partial charge in [0.2, 0.25) is 5.90 Å². The van der Waals surface area contributed by atoms with Crippen molar-refractivity contribution < 1.29 is 4.74 Å². The second-order valence-corrected chi connectivity index (χ2v) is 6.56. The molecule has 3 fully saturated rings. The number of rotatable bonds is 1. The maximum atomic E-state index is 6.31. The summed E-state index contributed by atoms with van der Waals surface area (Å²) >= 11 is 6.03. The Hall–Kier alpha value is -1.13. The summed E-state index contributed by atoms with van der Waals surface area (Å²) in [7, 11) is 0. The third-order valence-corrected chi connectivity index (χ3v) is 5.27. The monoisotopic (exact) mass is 291 g/mol. The Labute approximate surface area is 123 Å². The number of nitrogens with zero attached hydrogens (tertiary/aromatic N) is 3. The highest BCUT2D eigenvalue weighted by Crippen LogP contribution is 2.41. The third-order valence-electron chi connectivity index (χ3n) is 4.88. The number of hydrogen-bond donors (Lipinski definition) is 0. The lowest BCUT2D eigenvalue weighted by atomic mass is 9.75. The van der Waals surface area contributed by atoms with Gasteiger partial charge in [0.1, 0.15) is 11.3 Å². The highest BCUT2D eigenvalue weighted by molar-refractivity contribution is 6.31. The van der Waals surface area contributed by atoms with Gasteiger partial charge in [-0.25, -0.2) is 9.98 Å². The van der Waals surface area contributed by atoms with Gasteiger partial charge in [0, 0.05) is 18.7 Å². The molecule has 5 heteroatoms. The number of ether oxygens (including phenoxy) is 1. The van der Waals surface area contributed by atoms with E-state index in [0.717, 1.165) is 24.3 Å². The van der Waals surface area contributed by atoms with Crippen LogP contribution >= 0.6 is 11.6 Å².